The van der Waals surface area contributed by atoms with Crippen molar-refractivity contribution in [3.63, 3.8) is 0 Å². The van der Waals surface area contributed by atoms with Gasteiger partial charge in [-0.2, -0.15) is 0 Å². The third-order valence-corrected chi connectivity index (χ3v) is 3.01. The molecule has 0 aromatic rings. The monoisotopic (exact) mass is 242 g/mol. The molecule has 17 heavy (non-hydrogen) atoms. The summed E-state index contributed by atoms with van der Waals surface area (Å²) in [6, 6.07) is 0.454. The van der Waals surface area contributed by atoms with Gasteiger partial charge in [-0.1, -0.05) is 13.8 Å². The van der Waals surface area contributed by atoms with Gasteiger partial charge < -0.3 is 15.4 Å². The van der Waals surface area contributed by atoms with Crippen LogP contribution in [0.5, 0.6) is 0 Å². The van der Waals surface area contributed by atoms with E-state index in [1.807, 2.05) is 0 Å². The molecule has 2 N–H and O–H groups in total. The average molecular weight is 242 g/mol. The van der Waals surface area contributed by atoms with Gasteiger partial charge in [-0.3, -0.25) is 4.79 Å². The Bertz CT molecular complexity index is 225. The van der Waals surface area contributed by atoms with E-state index in [4.69, 9.17) is 4.74 Å². The van der Waals surface area contributed by atoms with Crippen LogP contribution in [0.25, 0.3) is 0 Å². The van der Waals surface area contributed by atoms with Gasteiger partial charge in [-0.25, -0.2) is 0 Å². The predicted molar refractivity (Wildman–Crippen MR) is 68.9 cm³/mol. The minimum atomic E-state index is 0.129. The Balaban J connectivity index is 2.14. The molecule has 0 radical (unpaired) electrons. The third-order valence-electron chi connectivity index (χ3n) is 3.01. The first-order valence-electron chi connectivity index (χ1n) is 6.68. The smallest absolute Gasteiger partial charge is 0.221 e. The summed E-state index contributed by atoms with van der Waals surface area (Å²) in [7, 11) is 0. The highest BCUT2D eigenvalue weighted by Gasteiger charge is 2.17. The highest BCUT2D eigenvalue weighted by molar-refractivity contribution is 5.76. The molecule has 0 aromatic heterocycles. The summed E-state index contributed by atoms with van der Waals surface area (Å²) in [4.78, 5) is 11.8. The Morgan fingerprint density at radius 3 is 2.76 bits per heavy atom. The zero-order valence-electron chi connectivity index (χ0n) is 11.3. The number of morpholine rings is 1. The summed E-state index contributed by atoms with van der Waals surface area (Å²) in [5.74, 6) is 0.826. The van der Waals surface area contributed by atoms with E-state index in [1.165, 1.54) is 0 Å². The number of nitrogens with one attached hydrogen (secondary N) is 2. The molecule has 0 aliphatic carbocycles. The van der Waals surface area contributed by atoms with Gasteiger partial charge >= 0.3 is 0 Å². The highest BCUT2D eigenvalue weighted by atomic mass is 16.5. The number of amides is 1. The summed E-state index contributed by atoms with van der Waals surface area (Å²) >= 11 is 0. The number of carbonyl (C=O) groups excluding carboxylic acids is 1. The first-order chi connectivity index (χ1) is 8.08. The van der Waals surface area contributed by atoms with Crippen molar-refractivity contribution in [3.05, 3.63) is 0 Å². The molecule has 1 amide bonds. The molecule has 1 fully saturated rings. The van der Waals surface area contributed by atoms with E-state index in [0.29, 0.717) is 18.9 Å². The van der Waals surface area contributed by atoms with E-state index in [1.54, 1.807) is 0 Å². The molecule has 1 heterocycles. The standard InChI is InChI=1S/C13H26N2O2/c1-10(2)4-5-11(3)15-13(16)8-12-9-17-7-6-14-12/h10-12,14H,4-9H2,1-3H3,(H,15,16). The maximum absolute atomic E-state index is 11.8. The SMILES string of the molecule is CC(C)CCC(C)NC(=O)CC1COCCN1. The molecule has 0 aromatic carbocycles. The number of rotatable bonds is 6. The number of carbonyl (C=O) groups is 1. The second kappa shape index (κ2) is 7.67. The summed E-state index contributed by atoms with van der Waals surface area (Å²) in [6.45, 7) is 8.73. The molecule has 1 aliphatic heterocycles. The van der Waals surface area contributed by atoms with Crippen molar-refractivity contribution in [2.75, 3.05) is 19.8 Å². The fourth-order valence-corrected chi connectivity index (χ4v) is 1.96. The van der Waals surface area contributed by atoms with Crippen LogP contribution >= 0.6 is 0 Å². The van der Waals surface area contributed by atoms with Gasteiger partial charge in [0.05, 0.1) is 13.2 Å². The summed E-state index contributed by atoms with van der Waals surface area (Å²) in [5, 5.41) is 6.34. The van der Waals surface area contributed by atoms with Crippen molar-refractivity contribution in [2.24, 2.45) is 5.92 Å². The zero-order chi connectivity index (χ0) is 12.7. The average Bonchev–Trinajstić information content (AvgIpc) is 2.27. The van der Waals surface area contributed by atoms with Crippen molar-refractivity contribution in [3.8, 4) is 0 Å². The fraction of sp³-hybridized carbons (Fsp3) is 0.923. The van der Waals surface area contributed by atoms with Gasteiger partial charge in [-0.05, 0) is 25.7 Å². The third kappa shape index (κ3) is 6.64. The van der Waals surface area contributed by atoms with Crippen LogP contribution < -0.4 is 10.6 Å². The van der Waals surface area contributed by atoms with Crippen molar-refractivity contribution < 1.29 is 9.53 Å². The molecule has 4 nitrogen and oxygen atoms in total. The second-order valence-electron chi connectivity index (χ2n) is 5.37. The van der Waals surface area contributed by atoms with Crippen molar-refractivity contribution >= 4 is 5.91 Å². The molecule has 0 saturated carbocycles. The Kier molecular flexibility index (Phi) is 6.52. The van der Waals surface area contributed by atoms with Gasteiger partial charge in [-0.15, -0.1) is 0 Å². The topological polar surface area (TPSA) is 50.4 Å². The molecule has 2 unspecified atom stereocenters. The van der Waals surface area contributed by atoms with Crippen molar-refractivity contribution in [2.45, 2.75) is 52.1 Å². The molecule has 0 bridgehead atoms. The predicted octanol–water partition coefficient (Wildman–Crippen LogP) is 1.31. The van der Waals surface area contributed by atoms with Crippen LogP contribution in [-0.2, 0) is 9.53 Å². The number of hydrogen-bond acceptors (Lipinski definition) is 3. The molecule has 1 rings (SSSR count). The normalized spacial score (nSPS) is 22.5. The minimum absolute atomic E-state index is 0.129. The molecular formula is C13H26N2O2. The fourth-order valence-electron chi connectivity index (χ4n) is 1.96. The van der Waals surface area contributed by atoms with E-state index in [0.717, 1.165) is 26.0 Å². The van der Waals surface area contributed by atoms with Crippen LogP contribution in [0.15, 0.2) is 0 Å². The van der Waals surface area contributed by atoms with E-state index in [2.05, 4.69) is 31.4 Å². The lowest BCUT2D eigenvalue weighted by atomic mass is 10.0. The zero-order valence-corrected chi connectivity index (χ0v) is 11.3. The lowest BCUT2D eigenvalue weighted by Gasteiger charge is -2.24. The van der Waals surface area contributed by atoms with E-state index in [9.17, 15) is 4.79 Å². The first-order valence-corrected chi connectivity index (χ1v) is 6.68. The molecule has 0 spiro atoms. The maximum atomic E-state index is 11.8. The maximum Gasteiger partial charge on any atom is 0.221 e. The Morgan fingerprint density at radius 2 is 2.18 bits per heavy atom. The van der Waals surface area contributed by atoms with Crippen LogP contribution in [0.3, 0.4) is 0 Å². The summed E-state index contributed by atoms with van der Waals surface area (Å²) in [5.41, 5.74) is 0. The summed E-state index contributed by atoms with van der Waals surface area (Å²) < 4.78 is 5.32. The van der Waals surface area contributed by atoms with Crippen LogP contribution in [0.2, 0.25) is 0 Å². The molecule has 100 valence electrons. The van der Waals surface area contributed by atoms with E-state index < -0.39 is 0 Å². The molecule has 4 heteroatoms. The van der Waals surface area contributed by atoms with Crippen molar-refractivity contribution in [1.29, 1.82) is 0 Å². The van der Waals surface area contributed by atoms with Gasteiger partial charge in [0.15, 0.2) is 0 Å². The van der Waals surface area contributed by atoms with Crippen LogP contribution in [0.4, 0.5) is 0 Å². The van der Waals surface area contributed by atoms with Crippen LogP contribution in [0, 0.1) is 5.92 Å². The number of hydrogen-bond donors (Lipinski definition) is 2. The Morgan fingerprint density at radius 1 is 1.41 bits per heavy atom. The molecule has 2 atom stereocenters. The lowest BCUT2D eigenvalue weighted by molar-refractivity contribution is -0.122. The molecule has 1 saturated heterocycles. The lowest BCUT2D eigenvalue weighted by Crippen LogP contribution is -2.45. The number of ether oxygens (including phenoxy) is 1. The van der Waals surface area contributed by atoms with Gasteiger partial charge in [0, 0.05) is 25.0 Å². The Labute approximate surface area is 104 Å². The minimum Gasteiger partial charge on any atom is -0.378 e. The summed E-state index contributed by atoms with van der Waals surface area (Å²) in [6.07, 6.45) is 2.73. The molecular weight excluding hydrogens is 216 g/mol. The largest absolute Gasteiger partial charge is 0.378 e. The van der Waals surface area contributed by atoms with Crippen molar-refractivity contribution in [1.82, 2.24) is 10.6 Å². The van der Waals surface area contributed by atoms with Crippen LogP contribution in [0.1, 0.15) is 40.0 Å². The second-order valence-corrected chi connectivity index (χ2v) is 5.37. The quantitative estimate of drug-likeness (QED) is 0.738. The molecule has 1 aliphatic rings. The van der Waals surface area contributed by atoms with E-state index in [-0.39, 0.29) is 18.0 Å². The highest BCUT2D eigenvalue weighted by Crippen LogP contribution is 2.07. The van der Waals surface area contributed by atoms with Gasteiger partial charge in [0.2, 0.25) is 5.91 Å². The van der Waals surface area contributed by atoms with Gasteiger partial charge in [0.1, 0.15) is 0 Å². The van der Waals surface area contributed by atoms with Crippen LogP contribution in [-0.4, -0.2) is 37.7 Å². The Hall–Kier alpha value is -0.610. The first kappa shape index (κ1) is 14.5. The van der Waals surface area contributed by atoms with E-state index >= 15 is 0 Å². The van der Waals surface area contributed by atoms with Gasteiger partial charge in [0.25, 0.3) is 0 Å².